The molecule has 1 heterocycles. The lowest BCUT2D eigenvalue weighted by Crippen LogP contribution is -2.33. The highest BCUT2D eigenvalue weighted by atomic mass is 19.1. The van der Waals surface area contributed by atoms with Gasteiger partial charge in [-0.1, -0.05) is 12.1 Å². The number of hydrogen-bond acceptors (Lipinski definition) is 3. The number of hydrogen-bond donors (Lipinski definition) is 2. The van der Waals surface area contributed by atoms with Gasteiger partial charge in [-0.3, -0.25) is 4.79 Å². The van der Waals surface area contributed by atoms with Gasteiger partial charge in [0, 0.05) is 13.0 Å². The molecule has 2 rings (SSSR count). The highest BCUT2D eigenvalue weighted by Gasteiger charge is 2.13. The zero-order chi connectivity index (χ0) is 14.9. The highest BCUT2D eigenvalue weighted by Crippen LogP contribution is 2.07. The van der Waals surface area contributed by atoms with E-state index in [1.54, 1.807) is 12.1 Å². The third-order valence-electron chi connectivity index (χ3n) is 3.62. The highest BCUT2D eigenvalue weighted by molar-refractivity contribution is 5.75. The summed E-state index contributed by atoms with van der Waals surface area (Å²) in [4.78, 5) is 11.7. The van der Waals surface area contributed by atoms with Crippen molar-refractivity contribution in [2.75, 3.05) is 26.2 Å². The summed E-state index contributed by atoms with van der Waals surface area (Å²) in [7, 11) is 0. The van der Waals surface area contributed by atoms with Gasteiger partial charge in [0.15, 0.2) is 0 Å². The molecule has 5 heteroatoms. The van der Waals surface area contributed by atoms with Crippen LogP contribution in [0.4, 0.5) is 4.39 Å². The van der Waals surface area contributed by atoms with Crippen LogP contribution in [0.15, 0.2) is 24.3 Å². The SMILES string of the molecule is O=C(CCOC1CCNCC1)NCCc1ccc(F)cc1. The summed E-state index contributed by atoms with van der Waals surface area (Å²) in [5, 5.41) is 6.14. The lowest BCUT2D eigenvalue weighted by atomic mass is 10.1. The van der Waals surface area contributed by atoms with Gasteiger partial charge in [0.1, 0.15) is 5.82 Å². The number of halogens is 1. The first kappa shape index (κ1) is 15.9. The van der Waals surface area contributed by atoms with Crippen molar-refractivity contribution in [3.05, 3.63) is 35.6 Å². The first-order valence-corrected chi connectivity index (χ1v) is 7.57. The van der Waals surface area contributed by atoms with Gasteiger partial charge in [-0.15, -0.1) is 0 Å². The molecular formula is C16H23FN2O2. The molecule has 1 saturated heterocycles. The molecule has 1 aliphatic rings. The van der Waals surface area contributed by atoms with Gasteiger partial charge in [0.05, 0.1) is 12.7 Å². The number of carbonyl (C=O) groups is 1. The first-order chi connectivity index (χ1) is 10.2. The van der Waals surface area contributed by atoms with Gasteiger partial charge in [-0.2, -0.15) is 0 Å². The normalized spacial score (nSPS) is 15.9. The Morgan fingerprint density at radius 2 is 2.00 bits per heavy atom. The van der Waals surface area contributed by atoms with Gasteiger partial charge in [-0.05, 0) is 50.0 Å². The summed E-state index contributed by atoms with van der Waals surface area (Å²) in [5.74, 6) is -0.233. The molecule has 1 aliphatic heterocycles. The second kappa shape index (κ2) is 8.74. The molecule has 116 valence electrons. The van der Waals surface area contributed by atoms with Gasteiger partial charge in [-0.25, -0.2) is 4.39 Å². The van der Waals surface area contributed by atoms with E-state index in [4.69, 9.17) is 4.74 Å². The van der Waals surface area contributed by atoms with Crippen molar-refractivity contribution in [2.45, 2.75) is 31.8 Å². The fraction of sp³-hybridized carbons (Fsp3) is 0.562. The van der Waals surface area contributed by atoms with Gasteiger partial charge < -0.3 is 15.4 Å². The third-order valence-corrected chi connectivity index (χ3v) is 3.62. The molecule has 0 bridgehead atoms. The predicted molar refractivity (Wildman–Crippen MR) is 79.6 cm³/mol. The van der Waals surface area contributed by atoms with E-state index >= 15 is 0 Å². The molecule has 1 aromatic carbocycles. The quantitative estimate of drug-likeness (QED) is 0.804. The molecule has 4 nitrogen and oxygen atoms in total. The molecule has 0 spiro atoms. The van der Waals surface area contributed by atoms with Crippen LogP contribution < -0.4 is 10.6 Å². The Labute approximate surface area is 125 Å². The van der Waals surface area contributed by atoms with Crippen LogP contribution in [0.25, 0.3) is 0 Å². The monoisotopic (exact) mass is 294 g/mol. The van der Waals surface area contributed by atoms with Crippen molar-refractivity contribution in [3.63, 3.8) is 0 Å². The fourth-order valence-corrected chi connectivity index (χ4v) is 2.37. The second-order valence-corrected chi connectivity index (χ2v) is 5.30. The zero-order valence-electron chi connectivity index (χ0n) is 12.2. The number of benzene rings is 1. The number of carbonyl (C=O) groups excluding carboxylic acids is 1. The minimum absolute atomic E-state index is 0.00560. The zero-order valence-corrected chi connectivity index (χ0v) is 12.2. The van der Waals surface area contributed by atoms with Crippen molar-refractivity contribution >= 4 is 5.91 Å². The molecule has 0 aromatic heterocycles. The van der Waals surface area contributed by atoms with E-state index in [2.05, 4.69) is 10.6 Å². The summed E-state index contributed by atoms with van der Waals surface area (Å²) in [6.45, 7) is 3.04. The Morgan fingerprint density at radius 1 is 1.29 bits per heavy atom. The largest absolute Gasteiger partial charge is 0.378 e. The van der Waals surface area contributed by atoms with Crippen molar-refractivity contribution in [2.24, 2.45) is 0 Å². The van der Waals surface area contributed by atoms with Crippen LogP contribution in [0.2, 0.25) is 0 Å². The molecule has 2 N–H and O–H groups in total. The van der Waals surface area contributed by atoms with Crippen molar-refractivity contribution < 1.29 is 13.9 Å². The molecule has 0 radical (unpaired) electrons. The Kier molecular flexibility index (Phi) is 6.63. The Balaban J connectivity index is 1.54. The number of nitrogens with one attached hydrogen (secondary N) is 2. The first-order valence-electron chi connectivity index (χ1n) is 7.57. The molecule has 1 aromatic rings. The smallest absolute Gasteiger partial charge is 0.222 e. The third kappa shape index (κ3) is 6.23. The average Bonchev–Trinajstić information content (AvgIpc) is 2.50. The van der Waals surface area contributed by atoms with E-state index in [9.17, 15) is 9.18 Å². The Bertz CT molecular complexity index is 430. The molecule has 1 amide bonds. The van der Waals surface area contributed by atoms with Gasteiger partial charge >= 0.3 is 0 Å². The van der Waals surface area contributed by atoms with Crippen molar-refractivity contribution in [1.29, 1.82) is 0 Å². The minimum atomic E-state index is -0.238. The molecule has 0 aliphatic carbocycles. The Morgan fingerprint density at radius 3 is 2.71 bits per heavy atom. The predicted octanol–water partition coefficient (Wildman–Crippen LogP) is 1.64. The van der Waals surface area contributed by atoms with Crippen LogP contribution in [0, 0.1) is 5.82 Å². The second-order valence-electron chi connectivity index (χ2n) is 5.30. The van der Waals surface area contributed by atoms with Crippen molar-refractivity contribution in [3.8, 4) is 0 Å². The molecule has 0 unspecified atom stereocenters. The summed E-state index contributed by atoms with van der Waals surface area (Å²) in [6.07, 6.45) is 3.44. The molecule has 21 heavy (non-hydrogen) atoms. The standard InChI is InChI=1S/C16H23FN2O2/c17-14-3-1-13(2-4-14)5-11-19-16(20)8-12-21-15-6-9-18-10-7-15/h1-4,15,18H,5-12H2,(H,19,20). The van der Waals surface area contributed by atoms with Gasteiger partial charge in [0.25, 0.3) is 0 Å². The van der Waals surface area contributed by atoms with Crippen LogP contribution in [0.1, 0.15) is 24.8 Å². The topological polar surface area (TPSA) is 50.4 Å². The lowest BCUT2D eigenvalue weighted by Gasteiger charge is -2.22. The maximum atomic E-state index is 12.7. The van der Waals surface area contributed by atoms with Crippen molar-refractivity contribution in [1.82, 2.24) is 10.6 Å². The Hall–Kier alpha value is -1.46. The maximum absolute atomic E-state index is 12.7. The van der Waals surface area contributed by atoms with Gasteiger partial charge in [0.2, 0.25) is 5.91 Å². The number of piperidine rings is 1. The number of amides is 1. The summed E-state index contributed by atoms with van der Waals surface area (Å²) < 4.78 is 18.4. The van der Waals surface area contributed by atoms with Crippen LogP contribution in [-0.2, 0) is 16.0 Å². The van der Waals surface area contributed by atoms with E-state index in [-0.39, 0.29) is 11.7 Å². The molecule has 0 atom stereocenters. The fourth-order valence-electron chi connectivity index (χ4n) is 2.37. The van der Waals surface area contributed by atoms with E-state index in [0.29, 0.717) is 32.1 Å². The maximum Gasteiger partial charge on any atom is 0.222 e. The molecule has 1 fully saturated rings. The van der Waals surface area contributed by atoms with E-state index in [1.165, 1.54) is 12.1 Å². The number of rotatable bonds is 7. The minimum Gasteiger partial charge on any atom is -0.378 e. The average molecular weight is 294 g/mol. The lowest BCUT2D eigenvalue weighted by molar-refractivity contribution is -0.122. The van der Waals surface area contributed by atoms with E-state index < -0.39 is 0 Å². The molecule has 0 saturated carbocycles. The van der Waals surface area contributed by atoms with Crippen LogP contribution >= 0.6 is 0 Å². The summed E-state index contributed by atoms with van der Waals surface area (Å²) in [6, 6.07) is 6.34. The van der Waals surface area contributed by atoms with E-state index in [0.717, 1.165) is 31.5 Å². The number of ether oxygens (including phenoxy) is 1. The summed E-state index contributed by atoms with van der Waals surface area (Å²) in [5.41, 5.74) is 1.02. The summed E-state index contributed by atoms with van der Waals surface area (Å²) >= 11 is 0. The van der Waals surface area contributed by atoms with Crippen LogP contribution in [-0.4, -0.2) is 38.3 Å². The molecular weight excluding hydrogens is 271 g/mol. The van der Waals surface area contributed by atoms with Crippen LogP contribution in [0.5, 0.6) is 0 Å². The van der Waals surface area contributed by atoms with E-state index in [1.807, 2.05) is 0 Å². The van der Waals surface area contributed by atoms with Crippen LogP contribution in [0.3, 0.4) is 0 Å².